The first-order valence-corrected chi connectivity index (χ1v) is 5.63. The lowest BCUT2D eigenvalue weighted by molar-refractivity contribution is 0.0692. The smallest absolute Gasteiger partial charge is 0.338 e. The average molecular weight is 260 g/mol. The van der Waals surface area contributed by atoms with E-state index in [1.54, 1.807) is 0 Å². The molecular weight excluding hydrogens is 247 g/mol. The highest BCUT2D eigenvalue weighted by molar-refractivity contribution is 5.91. The molecule has 0 radical (unpaired) electrons. The van der Waals surface area contributed by atoms with E-state index in [1.165, 1.54) is 0 Å². The number of anilines is 3. The summed E-state index contributed by atoms with van der Waals surface area (Å²) in [5.74, 6) is -2.16. The summed E-state index contributed by atoms with van der Waals surface area (Å²) in [6.45, 7) is 1.93. The molecule has 0 aliphatic rings. The molecule has 0 aliphatic heterocycles. The number of carboxylic acids is 1. The Balaban J connectivity index is 2.36. The molecule has 0 aliphatic carbocycles. The molecule has 0 fully saturated rings. The van der Waals surface area contributed by atoms with Crippen LogP contribution in [0, 0.1) is 12.7 Å². The minimum Gasteiger partial charge on any atom is -0.478 e. The third-order valence-electron chi connectivity index (χ3n) is 2.67. The second-order valence-corrected chi connectivity index (χ2v) is 4.22. The number of hydrogen-bond donors (Lipinski definition) is 3. The van der Waals surface area contributed by atoms with Crippen molar-refractivity contribution in [2.75, 3.05) is 11.1 Å². The Morgan fingerprint density at radius 3 is 2.68 bits per heavy atom. The van der Waals surface area contributed by atoms with Crippen LogP contribution in [0.25, 0.3) is 0 Å². The summed E-state index contributed by atoms with van der Waals surface area (Å²) in [5.41, 5.74) is 7.61. The summed E-state index contributed by atoms with van der Waals surface area (Å²) in [5, 5.41) is 11.8. The fourth-order valence-corrected chi connectivity index (χ4v) is 1.74. The van der Waals surface area contributed by atoms with Crippen molar-refractivity contribution in [3.63, 3.8) is 0 Å². The van der Waals surface area contributed by atoms with Crippen LogP contribution in [0.4, 0.5) is 21.5 Å². The van der Waals surface area contributed by atoms with E-state index in [0.717, 1.165) is 23.4 Å². The van der Waals surface area contributed by atoms with Gasteiger partial charge in [0.25, 0.3) is 0 Å². The predicted octanol–water partition coefficient (Wildman–Crippen LogP) is 3.16. The molecule has 0 atom stereocenters. The number of carbonyl (C=O) groups is 1. The van der Waals surface area contributed by atoms with Gasteiger partial charge in [-0.15, -0.1) is 0 Å². The SMILES string of the molecule is Cc1cccc(Nc2cc(F)c(C(=O)O)cc2N)c1. The summed E-state index contributed by atoms with van der Waals surface area (Å²) in [6.07, 6.45) is 0. The highest BCUT2D eigenvalue weighted by atomic mass is 19.1. The van der Waals surface area contributed by atoms with Gasteiger partial charge in [-0.1, -0.05) is 12.1 Å². The van der Waals surface area contributed by atoms with E-state index < -0.39 is 17.3 Å². The molecule has 19 heavy (non-hydrogen) atoms. The van der Waals surface area contributed by atoms with Gasteiger partial charge in [0.1, 0.15) is 5.82 Å². The normalized spacial score (nSPS) is 10.2. The molecule has 0 saturated heterocycles. The van der Waals surface area contributed by atoms with E-state index in [4.69, 9.17) is 10.8 Å². The molecule has 0 aromatic heterocycles. The maximum atomic E-state index is 13.6. The first kappa shape index (κ1) is 12.9. The molecule has 2 rings (SSSR count). The standard InChI is InChI=1S/C14H13FN2O2/c1-8-3-2-4-9(5-8)17-13-7-11(15)10(14(18)19)6-12(13)16/h2-7,17H,16H2,1H3,(H,18,19). The quantitative estimate of drug-likeness (QED) is 0.741. The summed E-state index contributed by atoms with van der Waals surface area (Å²) in [6, 6.07) is 9.67. The highest BCUT2D eigenvalue weighted by Crippen LogP contribution is 2.26. The van der Waals surface area contributed by atoms with Crippen LogP contribution in [0.3, 0.4) is 0 Å². The number of nitrogens with two attached hydrogens (primary N) is 1. The van der Waals surface area contributed by atoms with E-state index in [0.29, 0.717) is 5.69 Å². The summed E-state index contributed by atoms with van der Waals surface area (Å²) in [4.78, 5) is 10.8. The first-order valence-electron chi connectivity index (χ1n) is 5.63. The monoisotopic (exact) mass is 260 g/mol. The van der Waals surface area contributed by atoms with E-state index >= 15 is 0 Å². The summed E-state index contributed by atoms with van der Waals surface area (Å²) < 4.78 is 13.6. The first-order chi connectivity index (χ1) is 8.97. The van der Waals surface area contributed by atoms with Crippen LogP contribution >= 0.6 is 0 Å². The van der Waals surface area contributed by atoms with Gasteiger partial charge in [-0.25, -0.2) is 9.18 Å². The van der Waals surface area contributed by atoms with Crippen molar-refractivity contribution in [1.29, 1.82) is 0 Å². The van der Waals surface area contributed by atoms with Crippen LogP contribution in [-0.2, 0) is 0 Å². The van der Waals surface area contributed by atoms with Gasteiger partial charge in [-0.3, -0.25) is 0 Å². The lowest BCUT2D eigenvalue weighted by Gasteiger charge is -2.11. The van der Waals surface area contributed by atoms with Crippen LogP contribution in [0.2, 0.25) is 0 Å². The summed E-state index contributed by atoms with van der Waals surface area (Å²) >= 11 is 0. The maximum absolute atomic E-state index is 13.6. The van der Waals surface area contributed by atoms with Crippen LogP contribution < -0.4 is 11.1 Å². The fourth-order valence-electron chi connectivity index (χ4n) is 1.74. The third kappa shape index (κ3) is 2.82. The maximum Gasteiger partial charge on any atom is 0.338 e. The Hall–Kier alpha value is -2.56. The van der Waals surface area contributed by atoms with E-state index in [2.05, 4.69) is 5.32 Å². The molecule has 98 valence electrons. The molecule has 0 unspecified atom stereocenters. The number of benzene rings is 2. The van der Waals surface area contributed by atoms with Crippen molar-refractivity contribution in [3.05, 3.63) is 53.3 Å². The number of aromatic carboxylic acids is 1. The van der Waals surface area contributed by atoms with E-state index in [1.807, 2.05) is 31.2 Å². The van der Waals surface area contributed by atoms with Crippen molar-refractivity contribution < 1.29 is 14.3 Å². The second kappa shape index (κ2) is 4.97. The molecule has 5 heteroatoms. The number of nitrogen functional groups attached to an aromatic ring is 1. The van der Waals surface area contributed by atoms with Gasteiger partial charge in [0.2, 0.25) is 0 Å². The highest BCUT2D eigenvalue weighted by Gasteiger charge is 2.13. The second-order valence-electron chi connectivity index (χ2n) is 4.22. The van der Waals surface area contributed by atoms with E-state index in [9.17, 15) is 9.18 Å². The zero-order valence-electron chi connectivity index (χ0n) is 10.3. The minimum absolute atomic E-state index is 0.181. The Morgan fingerprint density at radius 1 is 1.32 bits per heavy atom. The number of aryl methyl sites for hydroxylation is 1. The zero-order chi connectivity index (χ0) is 14.0. The molecule has 0 amide bonds. The van der Waals surface area contributed by atoms with Crippen LogP contribution in [-0.4, -0.2) is 11.1 Å². The number of nitrogens with one attached hydrogen (secondary N) is 1. The van der Waals surface area contributed by atoms with Crippen molar-refractivity contribution in [2.45, 2.75) is 6.92 Å². The molecule has 0 spiro atoms. The molecule has 0 heterocycles. The van der Waals surface area contributed by atoms with Crippen molar-refractivity contribution >= 4 is 23.0 Å². The molecule has 2 aromatic rings. The Morgan fingerprint density at radius 2 is 2.05 bits per heavy atom. The van der Waals surface area contributed by atoms with Gasteiger partial charge < -0.3 is 16.2 Å². The fraction of sp³-hybridized carbons (Fsp3) is 0.0714. The molecule has 4 N–H and O–H groups in total. The average Bonchev–Trinajstić information content (AvgIpc) is 2.33. The van der Waals surface area contributed by atoms with Crippen molar-refractivity contribution in [2.24, 2.45) is 0 Å². The number of halogens is 1. The van der Waals surface area contributed by atoms with Gasteiger partial charge in [-0.05, 0) is 30.7 Å². The lowest BCUT2D eigenvalue weighted by atomic mass is 10.1. The number of hydrogen-bond acceptors (Lipinski definition) is 3. The van der Waals surface area contributed by atoms with Crippen molar-refractivity contribution in [3.8, 4) is 0 Å². The Bertz CT molecular complexity index is 641. The molecular formula is C14H13FN2O2. The van der Waals surface area contributed by atoms with Gasteiger partial charge in [0.15, 0.2) is 0 Å². The van der Waals surface area contributed by atoms with Gasteiger partial charge >= 0.3 is 5.97 Å². The molecule has 4 nitrogen and oxygen atoms in total. The van der Waals surface area contributed by atoms with Crippen LogP contribution in [0.5, 0.6) is 0 Å². The zero-order valence-corrected chi connectivity index (χ0v) is 10.3. The number of rotatable bonds is 3. The van der Waals surface area contributed by atoms with Crippen LogP contribution in [0.1, 0.15) is 15.9 Å². The lowest BCUT2D eigenvalue weighted by Crippen LogP contribution is -2.05. The van der Waals surface area contributed by atoms with Gasteiger partial charge in [0, 0.05) is 11.8 Å². The van der Waals surface area contributed by atoms with Crippen molar-refractivity contribution in [1.82, 2.24) is 0 Å². The predicted molar refractivity (Wildman–Crippen MR) is 72.2 cm³/mol. The molecule has 2 aromatic carbocycles. The van der Waals surface area contributed by atoms with Gasteiger partial charge in [-0.2, -0.15) is 0 Å². The topological polar surface area (TPSA) is 75.3 Å². The Labute approximate surface area is 109 Å². The van der Waals surface area contributed by atoms with Gasteiger partial charge in [0.05, 0.1) is 16.9 Å². The number of carboxylic acid groups (broad SMARTS) is 1. The largest absolute Gasteiger partial charge is 0.478 e. The van der Waals surface area contributed by atoms with Crippen LogP contribution in [0.15, 0.2) is 36.4 Å². The minimum atomic E-state index is -1.34. The summed E-state index contributed by atoms with van der Waals surface area (Å²) in [7, 11) is 0. The Kier molecular flexibility index (Phi) is 3.37. The van der Waals surface area contributed by atoms with E-state index in [-0.39, 0.29) is 5.69 Å². The third-order valence-corrected chi connectivity index (χ3v) is 2.67. The molecule has 0 saturated carbocycles. The molecule has 0 bridgehead atoms.